The summed E-state index contributed by atoms with van der Waals surface area (Å²) in [7, 11) is 0. The molecule has 1 aliphatic rings. The molecule has 2 heterocycles. The number of nitrogen functional groups attached to an aromatic ring is 1. The molecule has 6 heteroatoms. The Bertz CT molecular complexity index is 959. The average molecular weight is 360 g/mol. The summed E-state index contributed by atoms with van der Waals surface area (Å²) in [6.45, 7) is 1.10. The van der Waals surface area contributed by atoms with Gasteiger partial charge in [0, 0.05) is 24.2 Å². The van der Waals surface area contributed by atoms with Crippen molar-refractivity contribution in [2.75, 3.05) is 18.9 Å². The standard InChI is InChI=1S/C21H20N4O2/c22-21-24-12-17(19(25-21)15-6-2-1-3-7-15)20(26)23-11-14-10-16-8-4-5-9-18(16)27-13-14/h1-9,12,14H,10-11,13H2,(H,23,26)(H2,22,24,25)/t14-/m0/s1. The Labute approximate surface area is 157 Å². The lowest BCUT2D eigenvalue weighted by Gasteiger charge is -2.25. The number of hydrogen-bond acceptors (Lipinski definition) is 5. The number of hydrogen-bond donors (Lipinski definition) is 2. The summed E-state index contributed by atoms with van der Waals surface area (Å²) in [5, 5.41) is 2.99. The lowest BCUT2D eigenvalue weighted by atomic mass is 9.96. The summed E-state index contributed by atoms with van der Waals surface area (Å²) in [5.74, 6) is 1.08. The maximum absolute atomic E-state index is 12.8. The van der Waals surface area contributed by atoms with E-state index in [1.165, 1.54) is 11.8 Å². The van der Waals surface area contributed by atoms with Crippen molar-refractivity contribution < 1.29 is 9.53 Å². The van der Waals surface area contributed by atoms with E-state index in [1.54, 1.807) is 0 Å². The maximum Gasteiger partial charge on any atom is 0.255 e. The number of ether oxygens (including phenoxy) is 1. The molecule has 0 saturated heterocycles. The van der Waals surface area contributed by atoms with Crippen LogP contribution in [0.2, 0.25) is 0 Å². The first-order chi connectivity index (χ1) is 13.2. The van der Waals surface area contributed by atoms with Crippen molar-refractivity contribution in [3.8, 4) is 17.0 Å². The second-order valence-corrected chi connectivity index (χ2v) is 6.56. The zero-order valence-electron chi connectivity index (χ0n) is 14.8. The van der Waals surface area contributed by atoms with E-state index in [4.69, 9.17) is 10.5 Å². The Balaban J connectivity index is 1.48. The molecule has 0 bridgehead atoms. The predicted octanol–water partition coefficient (Wildman–Crippen LogP) is 2.71. The van der Waals surface area contributed by atoms with E-state index in [2.05, 4.69) is 21.4 Å². The van der Waals surface area contributed by atoms with Crippen LogP contribution in [-0.2, 0) is 6.42 Å². The van der Waals surface area contributed by atoms with Crippen molar-refractivity contribution in [3.63, 3.8) is 0 Å². The quantitative estimate of drug-likeness (QED) is 0.747. The first-order valence-electron chi connectivity index (χ1n) is 8.87. The Morgan fingerprint density at radius 3 is 2.78 bits per heavy atom. The highest BCUT2D eigenvalue weighted by Gasteiger charge is 2.21. The monoisotopic (exact) mass is 360 g/mol. The van der Waals surface area contributed by atoms with Crippen LogP contribution in [0.4, 0.5) is 5.95 Å². The predicted molar refractivity (Wildman–Crippen MR) is 103 cm³/mol. The summed E-state index contributed by atoms with van der Waals surface area (Å²) in [5.41, 5.74) is 8.67. The van der Waals surface area contributed by atoms with Crippen molar-refractivity contribution in [1.82, 2.24) is 15.3 Å². The maximum atomic E-state index is 12.8. The van der Waals surface area contributed by atoms with Gasteiger partial charge in [-0.3, -0.25) is 4.79 Å². The molecule has 136 valence electrons. The molecular weight excluding hydrogens is 340 g/mol. The van der Waals surface area contributed by atoms with Gasteiger partial charge < -0.3 is 15.8 Å². The van der Waals surface area contributed by atoms with Crippen LogP contribution >= 0.6 is 0 Å². The van der Waals surface area contributed by atoms with Gasteiger partial charge in [-0.05, 0) is 18.1 Å². The van der Waals surface area contributed by atoms with E-state index in [0.717, 1.165) is 17.7 Å². The van der Waals surface area contributed by atoms with Crippen LogP contribution in [0.3, 0.4) is 0 Å². The number of aromatic nitrogens is 2. The lowest BCUT2D eigenvalue weighted by molar-refractivity contribution is 0.0939. The third kappa shape index (κ3) is 3.74. The number of nitrogens with one attached hydrogen (secondary N) is 1. The molecule has 1 aromatic heterocycles. The summed E-state index contributed by atoms with van der Waals surface area (Å²) >= 11 is 0. The average Bonchev–Trinajstić information content (AvgIpc) is 2.72. The van der Waals surface area contributed by atoms with E-state index in [1.807, 2.05) is 48.5 Å². The molecule has 3 aromatic rings. The van der Waals surface area contributed by atoms with Gasteiger partial charge in [0.25, 0.3) is 5.91 Å². The zero-order chi connectivity index (χ0) is 18.6. The molecule has 2 aromatic carbocycles. The molecule has 27 heavy (non-hydrogen) atoms. The number of benzene rings is 2. The highest BCUT2D eigenvalue weighted by atomic mass is 16.5. The first-order valence-corrected chi connectivity index (χ1v) is 8.87. The molecule has 1 aliphatic heterocycles. The lowest BCUT2D eigenvalue weighted by Crippen LogP contribution is -2.35. The first kappa shape index (κ1) is 17.0. The minimum atomic E-state index is -0.215. The normalized spacial score (nSPS) is 15.5. The van der Waals surface area contributed by atoms with Crippen LogP contribution in [0, 0.1) is 5.92 Å². The summed E-state index contributed by atoms with van der Waals surface area (Å²) in [6.07, 6.45) is 2.35. The summed E-state index contributed by atoms with van der Waals surface area (Å²) in [4.78, 5) is 21.0. The fourth-order valence-corrected chi connectivity index (χ4v) is 3.23. The molecular formula is C21H20N4O2. The number of para-hydroxylation sites is 1. The Hall–Kier alpha value is -3.41. The Kier molecular flexibility index (Phi) is 4.70. The van der Waals surface area contributed by atoms with E-state index >= 15 is 0 Å². The van der Waals surface area contributed by atoms with Crippen molar-refractivity contribution in [3.05, 3.63) is 71.9 Å². The van der Waals surface area contributed by atoms with Crippen LogP contribution in [0.5, 0.6) is 5.75 Å². The number of nitrogens with two attached hydrogens (primary N) is 1. The number of anilines is 1. The van der Waals surface area contributed by atoms with Gasteiger partial charge >= 0.3 is 0 Å². The van der Waals surface area contributed by atoms with Gasteiger partial charge in [-0.2, -0.15) is 0 Å². The van der Waals surface area contributed by atoms with Gasteiger partial charge in [0.05, 0.1) is 17.9 Å². The molecule has 6 nitrogen and oxygen atoms in total. The van der Waals surface area contributed by atoms with Crippen LogP contribution in [0.25, 0.3) is 11.3 Å². The van der Waals surface area contributed by atoms with Crippen molar-refractivity contribution in [2.24, 2.45) is 5.92 Å². The van der Waals surface area contributed by atoms with E-state index in [9.17, 15) is 4.79 Å². The van der Waals surface area contributed by atoms with Gasteiger partial charge in [0.2, 0.25) is 5.95 Å². The number of nitrogens with zero attached hydrogens (tertiary/aromatic N) is 2. The molecule has 0 radical (unpaired) electrons. The van der Waals surface area contributed by atoms with Gasteiger partial charge in [-0.1, -0.05) is 48.5 Å². The number of fused-ring (bicyclic) bond motifs is 1. The second kappa shape index (κ2) is 7.45. The number of amides is 1. The largest absolute Gasteiger partial charge is 0.493 e. The Morgan fingerprint density at radius 2 is 1.93 bits per heavy atom. The molecule has 0 unspecified atom stereocenters. The summed E-state index contributed by atoms with van der Waals surface area (Å²) < 4.78 is 5.79. The molecule has 1 atom stereocenters. The highest BCUT2D eigenvalue weighted by Crippen LogP contribution is 2.26. The second-order valence-electron chi connectivity index (χ2n) is 6.56. The number of carbonyl (C=O) groups excluding carboxylic acids is 1. The molecule has 4 rings (SSSR count). The van der Waals surface area contributed by atoms with Crippen LogP contribution in [0.1, 0.15) is 15.9 Å². The van der Waals surface area contributed by atoms with E-state index < -0.39 is 0 Å². The fourth-order valence-electron chi connectivity index (χ4n) is 3.23. The Morgan fingerprint density at radius 1 is 1.15 bits per heavy atom. The van der Waals surface area contributed by atoms with Gasteiger partial charge in [0.1, 0.15) is 5.75 Å². The minimum Gasteiger partial charge on any atom is -0.493 e. The smallest absolute Gasteiger partial charge is 0.255 e. The van der Waals surface area contributed by atoms with Crippen molar-refractivity contribution in [1.29, 1.82) is 0 Å². The van der Waals surface area contributed by atoms with Gasteiger partial charge in [0.15, 0.2) is 0 Å². The molecule has 0 spiro atoms. The van der Waals surface area contributed by atoms with Gasteiger partial charge in [-0.25, -0.2) is 9.97 Å². The molecule has 3 N–H and O–H groups in total. The molecule has 0 saturated carbocycles. The van der Waals surface area contributed by atoms with Crippen molar-refractivity contribution >= 4 is 11.9 Å². The third-order valence-electron chi connectivity index (χ3n) is 4.61. The molecule has 0 aliphatic carbocycles. The van der Waals surface area contributed by atoms with E-state index in [0.29, 0.717) is 24.4 Å². The van der Waals surface area contributed by atoms with Gasteiger partial charge in [-0.15, -0.1) is 0 Å². The van der Waals surface area contributed by atoms with Crippen molar-refractivity contribution in [2.45, 2.75) is 6.42 Å². The third-order valence-corrected chi connectivity index (χ3v) is 4.61. The SMILES string of the molecule is Nc1ncc(C(=O)NC[C@H]2COc3ccccc3C2)c(-c2ccccc2)n1. The number of carbonyl (C=O) groups is 1. The summed E-state index contributed by atoms with van der Waals surface area (Å²) in [6, 6.07) is 17.5. The number of rotatable bonds is 4. The van der Waals surface area contributed by atoms with Crippen LogP contribution in [0.15, 0.2) is 60.8 Å². The zero-order valence-corrected chi connectivity index (χ0v) is 14.8. The minimum absolute atomic E-state index is 0.141. The van der Waals surface area contributed by atoms with E-state index in [-0.39, 0.29) is 17.8 Å². The highest BCUT2D eigenvalue weighted by molar-refractivity contribution is 5.99. The fraction of sp³-hybridized carbons (Fsp3) is 0.190. The topological polar surface area (TPSA) is 90.1 Å². The van der Waals surface area contributed by atoms with Crippen LogP contribution < -0.4 is 15.8 Å². The van der Waals surface area contributed by atoms with Crippen LogP contribution in [-0.4, -0.2) is 29.0 Å². The molecule has 0 fully saturated rings. The molecule has 1 amide bonds.